The van der Waals surface area contributed by atoms with E-state index in [9.17, 15) is 0 Å². The van der Waals surface area contributed by atoms with Gasteiger partial charge >= 0.3 is 0 Å². The second-order valence-corrected chi connectivity index (χ2v) is 4.29. The summed E-state index contributed by atoms with van der Waals surface area (Å²) in [5.41, 5.74) is 6.38. The quantitative estimate of drug-likeness (QED) is 0.578. The van der Waals surface area contributed by atoms with Gasteiger partial charge in [0.25, 0.3) is 0 Å². The van der Waals surface area contributed by atoms with Crippen LogP contribution in [0.2, 0.25) is 5.15 Å². The molecule has 0 saturated heterocycles. The normalized spacial score (nSPS) is 10.6. The molecule has 0 aliphatic carbocycles. The number of nitrogens with zero attached hydrogens (tertiary/aromatic N) is 2. The Hall–Kier alpha value is -1.04. The Bertz CT molecular complexity index is 343. The first kappa shape index (κ1) is 15.0. The van der Waals surface area contributed by atoms with Crippen molar-refractivity contribution in [2.45, 2.75) is 6.42 Å². The molecule has 1 aromatic heterocycles. The number of ether oxygens (including phenoxy) is 2. The molecule has 1 rings (SSSR count). The van der Waals surface area contributed by atoms with Crippen LogP contribution in [0.4, 0.5) is 11.5 Å². The molecule has 0 bridgehead atoms. The van der Waals surface area contributed by atoms with E-state index in [4.69, 9.17) is 26.8 Å². The molecule has 2 N–H and O–H groups in total. The number of halogens is 1. The van der Waals surface area contributed by atoms with Crippen LogP contribution >= 0.6 is 11.6 Å². The Labute approximate surface area is 113 Å². The van der Waals surface area contributed by atoms with Gasteiger partial charge in [0.15, 0.2) is 0 Å². The molecule has 0 atom stereocenters. The number of pyridine rings is 1. The zero-order chi connectivity index (χ0) is 13.4. The number of hydrogen-bond acceptors (Lipinski definition) is 5. The first-order valence-electron chi connectivity index (χ1n) is 5.83. The minimum absolute atomic E-state index is 0.402. The van der Waals surface area contributed by atoms with Crippen LogP contribution in [-0.4, -0.2) is 45.5 Å². The van der Waals surface area contributed by atoms with Crippen LogP contribution in [0, 0.1) is 0 Å². The number of aromatic nitrogens is 1. The van der Waals surface area contributed by atoms with Gasteiger partial charge < -0.3 is 20.1 Å². The second kappa shape index (κ2) is 8.13. The van der Waals surface area contributed by atoms with Crippen molar-refractivity contribution in [1.82, 2.24) is 4.98 Å². The largest absolute Gasteiger partial charge is 0.399 e. The molecule has 18 heavy (non-hydrogen) atoms. The zero-order valence-corrected chi connectivity index (χ0v) is 11.6. The molecular formula is C12H20ClN3O2. The van der Waals surface area contributed by atoms with Gasteiger partial charge in [0.1, 0.15) is 11.0 Å². The summed E-state index contributed by atoms with van der Waals surface area (Å²) in [6.07, 6.45) is 0.911. The number of nitrogen functional groups attached to an aromatic ring is 1. The van der Waals surface area contributed by atoms with Gasteiger partial charge in [0.2, 0.25) is 0 Å². The van der Waals surface area contributed by atoms with E-state index in [1.165, 1.54) is 0 Å². The Kier molecular flexibility index (Phi) is 6.78. The van der Waals surface area contributed by atoms with Crippen LogP contribution in [0.3, 0.4) is 0 Å². The van der Waals surface area contributed by atoms with E-state index in [0.717, 1.165) is 25.3 Å². The number of rotatable bonds is 8. The number of nitrogens with two attached hydrogens (primary N) is 1. The lowest BCUT2D eigenvalue weighted by Gasteiger charge is -2.23. The van der Waals surface area contributed by atoms with E-state index in [0.29, 0.717) is 24.1 Å². The highest BCUT2D eigenvalue weighted by molar-refractivity contribution is 6.29. The monoisotopic (exact) mass is 273 g/mol. The highest BCUT2D eigenvalue weighted by Gasteiger charge is 2.09. The lowest BCUT2D eigenvalue weighted by molar-refractivity contribution is 0.191. The van der Waals surface area contributed by atoms with Gasteiger partial charge in [0, 0.05) is 45.7 Å². The van der Waals surface area contributed by atoms with Gasteiger partial charge in [-0.05, 0) is 12.5 Å². The maximum Gasteiger partial charge on any atom is 0.133 e. The predicted octanol–water partition coefficient (Wildman–Crippen LogP) is 1.81. The van der Waals surface area contributed by atoms with E-state index < -0.39 is 0 Å². The van der Waals surface area contributed by atoms with Crippen LogP contribution in [0.15, 0.2) is 12.1 Å². The van der Waals surface area contributed by atoms with Crippen molar-refractivity contribution in [1.29, 1.82) is 0 Å². The van der Waals surface area contributed by atoms with Crippen molar-refractivity contribution in [3.05, 3.63) is 17.3 Å². The fraction of sp³-hybridized carbons (Fsp3) is 0.583. The van der Waals surface area contributed by atoms with Gasteiger partial charge in [-0.15, -0.1) is 0 Å². The highest BCUT2D eigenvalue weighted by atomic mass is 35.5. The van der Waals surface area contributed by atoms with Crippen molar-refractivity contribution in [3.8, 4) is 0 Å². The lowest BCUT2D eigenvalue weighted by atomic mass is 10.3. The third kappa shape index (κ3) is 5.08. The molecule has 102 valence electrons. The van der Waals surface area contributed by atoms with Gasteiger partial charge in [-0.25, -0.2) is 4.98 Å². The van der Waals surface area contributed by atoms with Crippen LogP contribution < -0.4 is 10.6 Å². The molecular weight excluding hydrogens is 254 g/mol. The molecule has 1 heterocycles. The van der Waals surface area contributed by atoms with E-state index in [2.05, 4.69) is 9.88 Å². The van der Waals surface area contributed by atoms with Crippen LogP contribution in [0.25, 0.3) is 0 Å². The molecule has 0 aromatic carbocycles. The van der Waals surface area contributed by atoms with E-state index >= 15 is 0 Å². The van der Waals surface area contributed by atoms with Crippen LogP contribution in [-0.2, 0) is 9.47 Å². The van der Waals surface area contributed by atoms with Crippen molar-refractivity contribution in [3.63, 3.8) is 0 Å². The summed E-state index contributed by atoms with van der Waals surface area (Å²) >= 11 is 5.92. The van der Waals surface area contributed by atoms with Gasteiger partial charge in [-0.1, -0.05) is 11.6 Å². The molecule has 0 radical (unpaired) electrons. The molecule has 0 aliphatic rings. The Morgan fingerprint density at radius 1 is 1.22 bits per heavy atom. The standard InChI is InChI=1S/C12H20ClN3O2/c1-17-6-3-4-16(5-7-18-2)12-9-10(14)8-11(13)15-12/h8-9H,3-7H2,1-2H3,(H2,14,15). The minimum atomic E-state index is 0.402. The second-order valence-electron chi connectivity index (χ2n) is 3.91. The smallest absolute Gasteiger partial charge is 0.133 e. The summed E-state index contributed by atoms with van der Waals surface area (Å²) in [5.74, 6) is 0.771. The average molecular weight is 274 g/mol. The zero-order valence-electron chi connectivity index (χ0n) is 10.9. The van der Waals surface area contributed by atoms with E-state index in [1.807, 2.05) is 6.07 Å². The molecule has 0 amide bonds. The van der Waals surface area contributed by atoms with Crippen LogP contribution in [0.5, 0.6) is 0 Å². The third-order valence-corrected chi connectivity index (χ3v) is 2.66. The molecule has 1 aromatic rings. The fourth-order valence-electron chi connectivity index (χ4n) is 1.61. The minimum Gasteiger partial charge on any atom is -0.399 e. The van der Waals surface area contributed by atoms with E-state index in [1.54, 1.807) is 20.3 Å². The summed E-state index contributed by atoms with van der Waals surface area (Å²) in [7, 11) is 3.36. The molecule has 0 fully saturated rings. The Morgan fingerprint density at radius 2 is 1.94 bits per heavy atom. The molecule has 0 saturated carbocycles. The summed E-state index contributed by atoms with van der Waals surface area (Å²) < 4.78 is 10.1. The maximum atomic E-state index is 5.92. The fourth-order valence-corrected chi connectivity index (χ4v) is 1.82. The van der Waals surface area contributed by atoms with Crippen molar-refractivity contribution < 1.29 is 9.47 Å². The maximum absolute atomic E-state index is 5.92. The van der Waals surface area contributed by atoms with Gasteiger partial charge in [-0.3, -0.25) is 0 Å². The van der Waals surface area contributed by atoms with E-state index in [-0.39, 0.29) is 0 Å². The van der Waals surface area contributed by atoms with Crippen molar-refractivity contribution in [2.24, 2.45) is 0 Å². The average Bonchev–Trinajstić information content (AvgIpc) is 2.32. The number of anilines is 2. The summed E-state index contributed by atoms with van der Waals surface area (Å²) in [6.45, 7) is 2.90. The first-order chi connectivity index (χ1) is 8.67. The summed E-state index contributed by atoms with van der Waals surface area (Å²) in [6, 6.07) is 3.45. The molecule has 6 heteroatoms. The Balaban J connectivity index is 2.72. The predicted molar refractivity (Wildman–Crippen MR) is 74.2 cm³/mol. The van der Waals surface area contributed by atoms with Crippen molar-refractivity contribution >= 4 is 23.1 Å². The Morgan fingerprint density at radius 3 is 2.56 bits per heavy atom. The third-order valence-electron chi connectivity index (χ3n) is 2.47. The molecule has 0 aliphatic heterocycles. The SMILES string of the molecule is COCCCN(CCOC)c1cc(N)cc(Cl)n1. The van der Waals surface area contributed by atoms with Crippen molar-refractivity contribution in [2.75, 3.05) is 51.2 Å². The van der Waals surface area contributed by atoms with Crippen LogP contribution in [0.1, 0.15) is 6.42 Å². The first-order valence-corrected chi connectivity index (χ1v) is 6.21. The molecule has 5 nitrogen and oxygen atoms in total. The topological polar surface area (TPSA) is 60.6 Å². The lowest BCUT2D eigenvalue weighted by Crippen LogP contribution is -2.29. The molecule has 0 spiro atoms. The molecule has 0 unspecified atom stereocenters. The highest BCUT2D eigenvalue weighted by Crippen LogP contribution is 2.19. The summed E-state index contributed by atoms with van der Waals surface area (Å²) in [4.78, 5) is 6.37. The number of hydrogen-bond donors (Lipinski definition) is 1. The van der Waals surface area contributed by atoms with Gasteiger partial charge in [0.05, 0.1) is 6.61 Å². The van der Waals surface area contributed by atoms with Gasteiger partial charge in [-0.2, -0.15) is 0 Å². The summed E-state index contributed by atoms with van der Waals surface area (Å²) in [5, 5.41) is 0.402. The number of methoxy groups -OCH3 is 2.